The minimum atomic E-state index is -6.09. The average molecular weight is 1420 g/mol. The van der Waals surface area contributed by atoms with Crippen molar-refractivity contribution in [2.45, 2.75) is 34.9 Å². The third kappa shape index (κ3) is 24.5. The van der Waals surface area contributed by atoms with E-state index >= 15 is 0 Å². The maximum Gasteiger partial charge on any atom is 4.00 e. The normalized spacial score (nSPS) is 11.9. The minimum absolute atomic E-state index is 0. The van der Waals surface area contributed by atoms with Crippen molar-refractivity contribution in [3.63, 3.8) is 0 Å². The van der Waals surface area contributed by atoms with Crippen molar-refractivity contribution in [1.82, 2.24) is 19.9 Å². The van der Waals surface area contributed by atoms with Crippen molar-refractivity contribution in [2.24, 2.45) is 0 Å². The zero-order valence-corrected chi connectivity index (χ0v) is 50.9. The van der Waals surface area contributed by atoms with Gasteiger partial charge in [-0.05, 0) is 61.4 Å². The van der Waals surface area contributed by atoms with Crippen LogP contribution in [0.3, 0.4) is 0 Å². The molecule has 0 spiro atoms. The van der Waals surface area contributed by atoms with Crippen LogP contribution in [-0.4, -0.2) is 148 Å². The van der Waals surface area contributed by atoms with Gasteiger partial charge >= 0.3 is 56.2 Å². The van der Waals surface area contributed by atoms with E-state index in [2.05, 4.69) is 165 Å². The average Bonchev–Trinajstić information content (AvgIpc) is 2.76. The van der Waals surface area contributed by atoms with Crippen LogP contribution in [0.5, 0.6) is 0 Å². The van der Waals surface area contributed by atoms with E-state index in [0.717, 1.165) is 61.1 Å². The van der Waals surface area contributed by atoms with Crippen LogP contribution in [-0.2, 0) is 74.6 Å². The molecule has 0 saturated heterocycles. The van der Waals surface area contributed by atoms with Gasteiger partial charge in [0.1, 0.15) is 0 Å². The van der Waals surface area contributed by atoms with Crippen molar-refractivity contribution in [2.75, 3.05) is 74.0 Å². The second-order valence-corrected chi connectivity index (χ2v) is 22.9. The van der Waals surface area contributed by atoms with Gasteiger partial charge in [0, 0.05) is 101 Å². The number of alkyl halides is 12. The Morgan fingerprint density at radius 3 is 0.614 bits per heavy atom. The Morgan fingerprint density at radius 1 is 0.318 bits per heavy atom. The first-order valence-corrected chi connectivity index (χ1v) is 29.4. The SMILES string of the molecule is CN(CCCN(C)c1cccc2cccnc12)c1cccc2cccnc12.CN(CCCN(C)c1cccc2cccnc12)c1cccc2cccnc12.O=S(=O)([O-])C(F)(F)F.O=S(=O)([O-])C(F)(F)F.O=S(=O)([O-])C(F)(F)F.O=S(=O)([O-])C(F)(F)F.[Fe+4].[Fe+4]. The van der Waals surface area contributed by atoms with Crippen LogP contribution in [0.4, 0.5) is 75.4 Å². The molecule has 0 aliphatic carbocycles. The number of hydrogen-bond acceptors (Lipinski definition) is 20. The van der Waals surface area contributed by atoms with Crippen LogP contribution in [0.2, 0.25) is 0 Å². The van der Waals surface area contributed by atoms with Crippen molar-refractivity contribution >= 4 is 107 Å². The number of para-hydroxylation sites is 4. The molecule has 4 aromatic heterocycles. The second-order valence-electron chi connectivity index (χ2n) is 17.4. The molecular weight excluding hydrogens is 1370 g/mol. The van der Waals surface area contributed by atoms with Crippen molar-refractivity contribution < 1.29 is 139 Å². The summed E-state index contributed by atoms with van der Waals surface area (Å²) in [5, 5.41) is 4.73. The Bertz CT molecular complexity index is 3470. The van der Waals surface area contributed by atoms with E-state index in [0.29, 0.717) is 0 Å². The smallest absolute Gasteiger partial charge is 0.741 e. The van der Waals surface area contributed by atoms with E-state index in [9.17, 15) is 52.7 Å². The summed E-state index contributed by atoms with van der Waals surface area (Å²) in [5.74, 6) is 0. The van der Waals surface area contributed by atoms with Gasteiger partial charge in [-0.1, -0.05) is 72.8 Å². The Hall–Kier alpha value is -6.44. The first kappa shape index (κ1) is 79.6. The summed E-state index contributed by atoms with van der Waals surface area (Å²) in [6, 6.07) is 41.8. The third-order valence-electron chi connectivity index (χ3n) is 11.2. The van der Waals surface area contributed by atoms with Gasteiger partial charge < -0.3 is 37.8 Å². The maximum absolute atomic E-state index is 10.7. The Morgan fingerprint density at radius 2 is 0.466 bits per heavy atom. The molecule has 0 aliphatic rings. The van der Waals surface area contributed by atoms with Gasteiger partial charge in [-0.25, -0.2) is 33.7 Å². The van der Waals surface area contributed by atoms with Gasteiger partial charge in [-0.15, -0.1) is 0 Å². The van der Waals surface area contributed by atoms with E-state index in [-0.39, 0.29) is 34.1 Å². The summed E-state index contributed by atoms with van der Waals surface area (Å²) in [4.78, 5) is 27.5. The second kappa shape index (κ2) is 33.4. The molecular formula is C50H48F12Fe2N8O12S4+4. The van der Waals surface area contributed by atoms with Crippen molar-refractivity contribution in [1.29, 1.82) is 0 Å². The quantitative estimate of drug-likeness (QED) is 0.0475. The number of pyridine rings is 4. The van der Waals surface area contributed by atoms with E-state index < -0.39 is 62.5 Å². The molecule has 0 aliphatic heterocycles. The van der Waals surface area contributed by atoms with Gasteiger partial charge in [-0.2, -0.15) is 52.7 Å². The molecule has 0 fully saturated rings. The van der Waals surface area contributed by atoms with Crippen molar-refractivity contribution in [3.05, 3.63) is 146 Å². The van der Waals surface area contributed by atoms with Crippen LogP contribution in [0.25, 0.3) is 43.6 Å². The molecule has 38 heteroatoms. The molecule has 4 heterocycles. The Balaban J connectivity index is 0.000000587. The monoisotopic (exact) mass is 1420 g/mol. The molecule has 4 aromatic carbocycles. The molecule has 0 atom stereocenters. The molecule has 0 saturated carbocycles. The number of rotatable bonds is 12. The molecule has 0 N–H and O–H groups in total. The van der Waals surface area contributed by atoms with Gasteiger partial charge in [0.05, 0.1) is 44.8 Å². The fourth-order valence-corrected chi connectivity index (χ4v) is 7.16. The van der Waals surface area contributed by atoms with E-state index in [4.69, 9.17) is 51.9 Å². The van der Waals surface area contributed by atoms with E-state index in [1.54, 1.807) is 0 Å². The topological polar surface area (TPSA) is 293 Å². The van der Waals surface area contributed by atoms with Crippen LogP contribution in [0.1, 0.15) is 12.8 Å². The number of nitrogens with zero attached hydrogens (tertiary/aromatic N) is 8. The molecule has 480 valence electrons. The van der Waals surface area contributed by atoms with Crippen LogP contribution < -0.4 is 19.6 Å². The van der Waals surface area contributed by atoms with E-state index in [1.807, 2.05) is 49.1 Å². The van der Waals surface area contributed by atoms with Gasteiger partial charge in [0.15, 0.2) is 40.5 Å². The van der Waals surface area contributed by atoms with Crippen LogP contribution in [0.15, 0.2) is 146 Å². The molecule has 8 aromatic rings. The number of fused-ring (bicyclic) bond motifs is 4. The molecule has 0 amide bonds. The zero-order chi connectivity index (χ0) is 65.3. The molecule has 0 radical (unpaired) electrons. The number of hydrogen-bond donors (Lipinski definition) is 0. The largest absolute Gasteiger partial charge is 4.00 e. The first-order chi connectivity index (χ1) is 39.5. The molecule has 88 heavy (non-hydrogen) atoms. The Labute approximate surface area is 517 Å². The maximum atomic E-state index is 10.7. The fourth-order valence-electron chi connectivity index (χ4n) is 7.16. The van der Waals surface area contributed by atoms with Gasteiger partial charge in [0.25, 0.3) is 0 Å². The fraction of sp³-hybridized carbons (Fsp3) is 0.280. The summed E-state index contributed by atoms with van der Waals surface area (Å²) in [7, 11) is -15.8. The predicted molar refractivity (Wildman–Crippen MR) is 292 cm³/mol. The molecule has 0 bridgehead atoms. The van der Waals surface area contributed by atoms with Crippen LogP contribution >= 0.6 is 0 Å². The first-order valence-electron chi connectivity index (χ1n) is 23.8. The number of benzene rings is 4. The van der Waals surface area contributed by atoms with E-state index in [1.165, 1.54) is 44.3 Å². The number of aromatic nitrogens is 4. The van der Waals surface area contributed by atoms with Gasteiger partial charge in [0.2, 0.25) is 0 Å². The summed E-state index contributed by atoms with van der Waals surface area (Å²) >= 11 is 0. The standard InChI is InChI=1S/2C23H24N4.4CHF3O3S.2Fe/c2*1-26(20-12-3-8-18-10-5-14-24-22(18)20)16-7-17-27(2)21-13-4-9-19-11-6-15-25-23(19)21;4*2-1(3,4)8(5,6)7;;/h2*3-6,8-15H,7,16-17H2,1-2H3;4*(H,5,6,7);;/q;;;;;;2*+4/p-4. The Kier molecular flexibility index (Phi) is 30.2. The minimum Gasteiger partial charge on any atom is -0.741 e. The summed E-state index contributed by atoms with van der Waals surface area (Å²) in [6.45, 7) is 3.88. The zero-order valence-electron chi connectivity index (χ0n) is 45.5. The third-order valence-corrected chi connectivity index (χ3v) is 13.5. The molecule has 0 unspecified atom stereocenters. The van der Waals surface area contributed by atoms with Gasteiger partial charge in [-0.3, -0.25) is 19.9 Å². The number of anilines is 4. The summed E-state index contributed by atoms with van der Waals surface area (Å²) in [6.07, 6.45) is 9.56. The summed E-state index contributed by atoms with van der Waals surface area (Å²) in [5.41, 5.74) is -13.6. The summed E-state index contributed by atoms with van der Waals surface area (Å²) < 4.78 is 236. The molecule has 8 rings (SSSR count). The van der Waals surface area contributed by atoms with Crippen molar-refractivity contribution in [3.8, 4) is 0 Å². The molecule has 20 nitrogen and oxygen atoms in total. The predicted octanol–water partition coefficient (Wildman–Crippen LogP) is 9.69. The number of halogens is 12. The van der Waals surface area contributed by atoms with Crippen LogP contribution in [0, 0.1) is 0 Å².